The molecule has 0 aromatic carbocycles. The Bertz CT molecular complexity index is 559. The minimum atomic E-state index is -1.36. The number of carbonyl (C=O) groups is 2. The van der Waals surface area contributed by atoms with Gasteiger partial charge < -0.3 is 0 Å². The van der Waals surface area contributed by atoms with E-state index in [0.29, 0.717) is 0 Å². The Labute approximate surface area is 161 Å². The number of fused-ring (bicyclic) bond motifs is 8. The molecule has 0 amide bonds. The van der Waals surface area contributed by atoms with Crippen molar-refractivity contribution in [2.45, 2.75) is 70.9 Å². The molecule has 0 heterocycles. The fourth-order valence-electron chi connectivity index (χ4n) is 6.92. The maximum atomic E-state index is 13.6. The maximum absolute atomic E-state index is 13.6. The van der Waals surface area contributed by atoms with E-state index in [1.807, 2.05) is 0 Å². The Morgan fingerprint density at radius 1 is 0.542 bits per heavy atom. The van der Waals surface area contributed by atoms with Gasteiger partial charge in [-0.3, -0.25) is 9.59 Å². The lowest BCUT2D eigenvalue weighted by Gasteiger charge is -2.76. The smallest absolute Gasteiger partial charge is 0.179 e. The van der Waals surface area contributed by atoms with Crippen LogP contribution in [0.1, 0.15) is 51.4 Å². The van der Waals surface area contributed by atoms with Gasteiger partial charge in [0.2, 0.25) is 0 Å². The van der Waals surface area contributed by atoms with Gasteiger partial charge in [-0.25, -0.2) is 0 Å². The van der Waals surface area contributed by atoms with Crippen LogP contribution in [-0.2, 0) is 9.59 Å². The average molecular weight is 410 g/mol. The van der Waals surface area contributed by atoms with Gasteiger partial charge in [-0.05, 0) is 49.4 Å². The summed E-state index contributed by atoms with van der Waals surface area (Å²) in [5, 5.41) is 0. The van der Waals surface area contributed by atoms with Crippen molar-refractivity contribution in [3.63, 3.8) is 0 Å². The van der Waals surface area contributed by atoms with Crippen LogP contribution in [0, 0.1) is 23.7 Å². The zero-order chi connectivity index (χ0) is 17.1. The zero-order valence-corrected chi connectivity index (χ0v) is 16.3. The van der Waals surface area contributed by atoms with Crippen LogP contribution in [0.5, 0.6) is 0 Å². The molecule has 5 aliphatic rings. The first kappa shape index (κ1) is 16.7. The van der Waals surface area contributed by atoms with Gasteiger partial charge in [0.1, 0.15) is 19.5 Å². The summed E-state index contributed by atoms with van der Waals surface area (Å²) in [4.78, 5) is 21.7. The zero-order valence-electron chi connectivity index (χ0n) is 13.3. The van der Waals surface area contributed by atoms with Crippen LogP contribution in [0.3, 0.4) is 0 Å². The SMILES string of the molecule is O=C1[C@@]2(Cl)[C@H]3CCCC[C@H]3[C@@]2(Cl)C(=O)[C@]2(Cl)[C@H]3CCCC[C@@H]3[C@]12Cl. The predicted molar refractivity (Wildman–Crippen MR) is 95.2 cm³/mol. The molecule has 5 saturated carbocycles. The molecule has 0 unspecified atom stereocenters. The number of Topliss-reactive ketones (excluding diaryl/α,β-unsaturated/α-hetero) is 2. The molecule has 5 aliphatic carbocycles. The number of hydrogen-bond acceptors (Lipinski definition) is 2. The molecule has 0 spiro atoms. The third-order valence-electron chi connectivity index (χ3n) is 7.96. The van der Waals surface area contributed by atoms with E-state index in [2.05, 4.69) is 0 Å². The number of hydrogen-bond donors (Lipinski definition) is 0. The van der Waals surface area contributed by atoms with Gasteiger partial charge in [-0.2, -0.15) is 0 Å². The molecule has 6 heteroatoms. The van der Waals surface area contributed by atoms with Crippen molar-refractivity contribution in [1.29, 1.82) is 0 Å². The van der Waals surface area contributed by atoms with Crippen molar-refractivity contribution in [1.82, 2.24) is 0 Å². The highest BCUT2D eigenvalue weighted by Crippen LogP contribution is 2.78. The van der Waals surface area contributed by atoms with Crippen LogP contribution in [0.2, 0.25) is 0 Å². The van der Waals surface area contributed by atoms with E-state index in [0.717, 1.165) is 51.4 Å². The lowest BCUT2D eigenvalue weighted by atomic mass is 9.35. The lowest BCUT2D eigenvalue weighted by Crippen LogP contribution is -2.93. The molecule has 8 atom stereocenters. The molecule has 24 heavy (non-hydrogen) atoms. The van der Waals surface area contributed by atoms with E-state index in [-0.39, 0.29) is 35.2 Å². The van der Waals surface area contributed by atoms with Gasteiger partial charge >= 0.3 is 0 Å². The second-order valence-corrected chi connectivity index (χ2v) is 10.9. The lowest BCUT2D eigenvalue weighted by molar-refractivity contribution is -0.176. The van der Waals surface area contributed by atoms with Gasteiger partial charge in [0, 0.05) is 0 Å². The molecule has 0 N–H and O–H groups in total. The summed E-state index contributed by atoms with van der Waals surface area (Å²) in [7, 11) is 0. The van der Waals surface area contributed by atoms with E-state index in [4.69, 9.17) is 46.4 Å². The standard InChI is InChI=1S/C18H20Cl4O2/c19-15-9-5-1-2-6-10(9)16(15,20)14(24)18(22)12-8-4-3-7-11(12)17(18,21)13(15)23/h9-12H,1-8H2/t9-,10-,11-,12+,15-,16+,17-,18+/m0/s1. The second-order valence-electron chi connectivity index (χ2n) is 8.50. The Balaban J connectivity index is 1.68. The summed E-state index contributed by atoms with van der Waals surface area (Å²) in [5.41, 5.74) is 0. The molecular formula is C18H20Cl4O2. The number of ketones is 2. The minimum absolute atomic E-state index is 0.0404. The summed E-state index contributed by atoms with van der Waals surface area (Å²) in [6, 6.07) is 0. The molecule has 0 bridgehead atoms. The first-order valence-corrected chi connectivity index (χ1v) is 10.6. The van der Waals surface area contributed by atoms with Crippen LogP contribution >= 0.6 is 46.4 Å². The summed E-state index contributed by atoms with van der Waals surface area (Å²) in [5.74, 6) is -0.672. The molecule has 0 aromatic heterocycles. The quantitative estimate of drug-likeness (QED) is 0.544. The molecular weight excluding hydrogens is 390 g/mol. The highest BCUT2D eigenvalue weighted by Gasteiger charge is 2.92. The van der Waals surface area contributed by atoms with Crippen molar-refractivity contribution in [2.24, 2.45) is 23.7 Å². The molecule has 0 saturated heterocycles. The number of halogens is 4. The van der Waals surface area contributed by atoms with Gasteiger partial charge in [0.25, 0.3) is 0 Å². The molecule has 2 nitrogen and oxygen atoms in total. The minimum Gasteiger partial charge on any atom is -0.296 e. The van der Waals surface area contributed by atoms with Gasteiger partial charge in [-0.15, -0.1) is 46.4 Å². The largest absolute Gasteiger partial charge is 0.296 e. The van der Waals surface area contributed by atoms with E-state index in [1.165, 1.54) is 0 Å². The monoisotopic (exact) mass is 408 g/mol. The van der Waals surface area contributed by atoms with Crippen LogP contribution in [-0.4, -0.2) is 31.1 Å². The van der Waals surface area contributed by atoms with Crippen LogP contribution in [0.25, 0.3) is 0 Å². The topological polar surface area (TPSA) is 34.1 Å². The van der Waals surface area contributed by atoms with E-state index >= 15 is 0 Å². The number of carbonyl (C=O) groups excluding carboxylic acids is 2. The summed E-state index contributed by atoms with van der Waals surface area (Å²) >= 11 is 27.6. The first-order chi connectivity index (χ1) is 11.3. The van der Waals surface area contributed by atoms with Crippen LogP contribution < -0.4 is 0 Å². The average Bonchev–Trinajstić information content (AvgIpc) is 2.63. The van der Waals surface area contributed by atoms with Crippen LogP contribution in [0.4, 0.5) is 0 Å². The second kappa shape index (κ2) is 4.66. The number of rotatable bonds is 0. The van der Waals surface area contributed by atoms with Crippen LogP contribution in [0.15, 0.2) is 0 Å². The Morgan fingerprint density at radius 2 is 0.750 bits per heavy atom. The van der Waals surface area contributed by atoms with E-state index < -0.39 is 19.5 Å². The fraction of sp³-hybridized carbons (Fsp3) is 0.889. The summed E-state index contributed by atoms with van der Waals surface area (Å²) < 4.78 is 0. The molecule has 0 aliphatic heterocycles. The van der Waals surface area contributed by atoms with Crippen molar-refractivity contribution in [2.75, 3.05) is 0 Å². The summed E-state index contributed by atoms with van der Waals surface area (Å²) in [6.45, 7) is 0. The van der Waals surface area contributed by atoms with Crippen molar-refractivity contribution in [3.8, 4) is 0 Å². The maximum Gasteiger partial charge on any atom is 0.179 e. The molecule has 132 valence electrons. The first-order valence-electron chi connectivity index (χ1n) is 9.12. The van der Waals surface area contributed by atoms with Gasteiger partial charge in [-0.1, -0.05) is 25.7 Å². The molecule has 5 fully saturated rings. The number of alkyl halides is 4. The molecule has 0 radical (unpaired) electrons. The van der Waals surface area contributed by atoms with Crippen molar-refractivity contribution >= 4 is 58.0 Å². The highest BCUT2D eigenvalue weighted by molar-refractivity contribution is 6.65. The molecule has 0 aromatic rings. The Kier molecular flexibility index (Phi) is 3.24. The Hall–Kier alpha value is 0.500. The third-order valence-corrected chi connectivity index (χ3v) is 11.1. The highest BCUT2D eigenvalue weighted by atomic mass is 35.5. The molecule has 5 rings (SSSR count). The normalized spacial score (nSPS) is 61.7. The third kappa shape index (κ3) is 1.33. The van der Waals surface area contributed by atoms with Crippen molar-refractivity contribution in [3.05, 3.63) is 0 Å². The van der Waals surface area contributed by atoms with Gasteiger partial charge in [0.05, 0.1) is 0 Å². The van der Waals surface area contributed by atoms with Crippen molar-refractivity contribution < 1.29 is 9.59 Å². The summed E-state index contributed by atoms with van der Waals surface area (Å²) in [6.07, 6.45) is 7.48. The predicted octanol–water partition coefficient (Wildman–Crippen LogP) is 4.69. The Morgan fingerprint density at radius 3 is 0.958 bits per heavy atom. The fourth-order valence-corrected chi connectivity index (χ4v) is 9.56. The van der Waals surface area contributed by atoms with E-state index in [9.17, 15) is 9.59 Å². The van der Waals surface area contributed by atoms with Gasteiger partial charge in [0.15, 0.2) is 11.6 Å². The van der Waals surface area contributed by atoms with E-state index in [1.54, 1.807) is 0 Å².